The van der Waals surface area contributed by atoms with Gasteiger partial charge in [0.15, 0.2) is 0 Å². The van der Waals surface area contributed by atoms with Crippen LogP contribution in [0.3, 0.4) is 0 Å². The van der Waals surface area contributed by atoms with Gasteiger partial charge in [-0.05, 0) is 57.0 Å². The Labute approximate surface area is 172 Å². The monoisotopic (exact) mass is 419 g/mol. The maximum absolute atomic E-state index is 14.5. The second-order valence-corrected chi connectivity index (χ2v) is 8.62. The Morgan fingerprint density at radius 3 is 2.55 bits per heavy atom. The molecule has 0 aromatic heterocycles. The Bertz CT molecular complexity index is 931. The fraction of sp³-hybridized carbons (Fsp3) is 0.333. The highest BCUT2D eigenvalue weighted by Crippen LogP contribution is 2.51. The van der Waals surface area contributed by atoms with Crippen molar-refractivity contribution in [2.24, 2.45) is 10.8 Å². The zero-order valence-electron chi connectivity index (χ0n) is 16.2. The van der Waals surface area contributed by atoms with Gasteiger partial charge in [0, 0.05) is 5.56 Å². The summed E-state index contributed by atoms with van der Waals surface area (Å²) in [5.41, 5.74) is 4.75. The first-order valence-electron chi connectivity index (χ1n) is 9.25. The van der Waals surface area contributed by atoms with E-state index in [-0.39, 0.29) is 10.6 Å². The van der Waals surface area contributed by atoms with Crippen LogP contribution in [-0.4, -0.2) is 33.2 Å². The molecular formula is C21H23F2N3O2S. The number of rotatable bonds is 6. The predicted molar refractivity (Wildman–Crippen MR) is 110 cm³/mol. The number of carbonyl (C=O) groups excluding carboxylic acids is 1. The minimum Gasteiger partial charge on any atom is -0.381 e. The third-order valence-electron chi connectivity index (χ3n) is 4.62. The summed E-state index contributed by atoms with van der Waals surface area (Å²) < 4.78 is 28.3. The first-order chi connectivity index (χ1) is 13.7. The molecule has 3 N–H and O–H groups in total. The standard InChI is InChI=1S/C21H23F2N3O2S/c1-20(2,28)19(27)26-21(11-6-12-24,14-7-4-3-5-8-14)29-18(25-26)16-13-15(22)9-10-17(16)23/h3-5,7-10,13,28H,6,11-12,24H2,1-2H3. The molecule has 0 aliphatic carbocycles. The van der Waals surface area contributed by atoms with Crippen LogP contribution in [0.15, 0.2) is 53.6 Å². The molecule has 5 nitrogen and oxygen atoms in total. The zero-order chi connectivity index (χ0) is 21.2. The average Bonchev–Trinajstić information content (AvgIpc) is 3.08. The summed E-state index contributed by atoms with van der Waals surface area (Å²) in [6.07, 6.45) is 0.982. The van der Waals surface area contributed by atoms with E-state index in [1.54, 1.807) is 0 Å². The highest BCUT2D eigenvalue weighted by atomic mass is 32.2. The van der Waals surface area contributed by atoms with Gasteiger partial charge in [-0.15, -0.1) is 0 Å². The van der Waals surface area contributed by atoms with Crippen LogP contribution in [0.4, 0.5) is 8.78 Å². The van der Waals surface area contributed by atoms with Crippen LogP contribution < -0.4 is 5.73 Å². The molecule has 0 bridgehead atoms. The van der Waals surface area contributed by atoms with E-state index in [1.807, 2.05) is 30.3 Å². The van der Waals surface area contributed by atoms with Gasteiger partial charge in [0.25, 0.3) is 5.91 Å². The van der Waals surface area contributed by atoms with Gasteiger partial charge in [-0.1, -0.05) is 42.1 Å². The second-order valence-electron chi connectivity index (χ2n) is 7.35. The van der Waals surface area contributed by atoms with Crippen molar-refractivity contribution < 1.29 is 18.7 Å². The molecule has 0 saturated heterocycles. The van der Waals surface area contributed by atoms with E-state index in [2.05, 4.69) is 5.10 Å². The van der Waals surface area contributed by atoms with E-state index in [9.17, 15) is 18.7 Å². The third kappa shape index (κ3) is 4.19. The van der Waals surface area contributed by atoms with E-state index in [0.717, 1.165) is 35.5 Å². The zero-order valence-corrected chi connectivity index (χ0v) is 17.0. The summed E-state index contributed by atoms with van der Waals surface area (Å²) in [7, 11) is 0. The molecule has 0 fully saturated rings. The summed E-state index contributed by atoms with van der Waals surface area (Å²) in [5.74, 6) is -1.89. The number of benzene rings is 2. The van der Waals surface area contributed by atoms with Crippen LogP contribution in [0.1, 0.15) is 37.8 Å². The summed E-state index contributed by atoms with van der Waals surface area (Å²) in [6, 6.07) is 12.3. The van der Waals surface area contributed by atoms with Gasteiger partial charge in [0.2, 0.25) is 0 Å². The number of nitrogens with zero attached hydrogens (tertiary/aromatic N) is 2. The van der Waals surface area contributed by atoms with E-state index >= 15 is 0 Å². The van der Waals surface area contributed by atoms with Crippen LogP contribution in [0, 0.1) is 11.6 Å². The molecule has 2 aromatic rings. The molecule has 1 heterocycles. The molecule has 8 heteroatoms. The Kier molecular flexibility index (Phi) is 6.07. The summed E-state index contributed by atoms with van der Waals surface area (Å²) in [5, 5.41) is 16.1. The number of thioether (sulfide) groups is 1. The van der Waals surface area contributed by atoms with E-state index in [0.29, 0.717) is 19.4 Å². The topological polar surface area (TPSA) is 78.9 Å². The van der Waals surface area contributed by atoms with Crippen molar-refractivity contribution in [3.05, 3.63) is 71.3 Å². The smallest absolute Gasteiger partial charge is 0.275 e. The largest absolute Gasteiger partial charge is 0.381 e. The molecule has 1 aliphatic heterocycles. The molecule has 3 rings (SSSR count). The third-order valence-corrected chi connectivity index (χ3v) is 6.06. The Hall–Kier alpha value is -2.29. The minimum atomic E-state index is -1.71. The van der Waals surface area contributed by atoms with Gasteiger partial charge in [-0.25, -0.2) is 13.8 Å². The summed E-state index contributed by atoms with van der Waals surface area (Å²) in [4.78, 5) is 12.1. The van der Waals surface area contributed by atoms with E-state index in [1.165, 1.54) is 18.9 Å². The van der Waals surface area contributed by atoms with Crippen LogP contribution in [0.5, 0.6) is 0 Å². The van der Waals surface area contributed by atoms with Gasteiger partial charge in [-0.3, -0.25) is 4.79 Å². The lowest BCUT2D eigenvalue weighted by Crippen LogP contribution is -2.50. The SMILES string of the molecule is CC(C)(O)C(=O)N1N=C(c2cc(F)ccc2F)SC1(CCCN)c1ccccc1. The lowest BCUT2D eigenvalue weighted by molar-refractivity contribution is -0.151. The molecular weight excluding hydrogens is 396 g/mol. The van der Waals surface area contributed by atoms with Crippen molar-refractivity contribution in [1.82, 2.24) is 5.01 Å². The second kappa shape index (κ2) is 8.22. The number of amides is 1. The molecule has 0 spiro atoms. The highest BCUT2D eigenvalue weighted by molar-refractivity contribution is 8.15. The molecule has 1 amide bonds. The number of hydrazone groups is 1. The molecule has 1 unspecified atom stereocenters. The maximum atomic E-state index is 14.5. The maximum Gasteiger partial charge on any atom is 0.275 e. The average molecular weight is 419 g/mol. The number of halogens is 2. The number of carbonyl (C=O) groups is 1. The fourth-order valence-corrected chi connectivity index (χ4v) is 4.58. The van der Waals surface area contributed by atoms with Crippen molar-refractivity contribution >= 4 is 22.7 Å². The molecule has 1 atom stereocenters. The van der Waals surface area contributed by atoms with Gasteiger partial charge in [0.1, 0.15) is 27.2 Å². The van der Waals surface area contributed by atoms with Gasteiger partial charge in [0.05, 0.1) is 0 Å². The number of hydrogen-bond donors (Lipinski definition) is 2. The number of aliphatic hydroxyl groups is 1. The molecule has 154 valence electrons. The van der Waals surface area contributed by atoms with Crippen LogP contribution in [-0.2, 0) is 9.67 Å². The quantitative estimate of drug-likeness (QED) is 0.750. The van der Waals surface area contributed by atoms with Crippen LogP contribution >= 0.6 is 11.8 Å². The van der Waals surface area contributed by atoms with Crippen molar-refractivity contribution in [3.8, 4) is 0 Å². The molecule has 29 heavy (non-hydrogen) atoms. The fourth-order valence-electron chi connectivity index (χ4n) is 3.16. The van der Waals surface area contributed by atoms with Gasteiger partial charge < -0.3 is 10.8 Å². The van der Waals surface area contributed by atoms with Crippen LogP contribution in [0.2, 0.25) is 0 Å². The summed E-state index contributed by atoms with van der Waals surface area (Å²) >= 11 is 1.16. The Morgan fingerprint density at radius 2 is 1.93 bits per heavy atom. The normalized spacial score (nSPS) is 19.4. The Balaban J connectivity index is 2.18. The highest BCUT2D eigenvalue weighted by Gasteiger charge is 2.51. The lowest BCUT2D eigenvalue weighted by Gasteiger charge is -2.38. The van der Waals surface area contributed by atoms with E-state index < -0.39 is 28.0 Å². The number of hydrogen-bond acceptors (Lipinski definition) is 5. The molecule has 2 aromatic carbocycles. The predicted octanol–water partition coefficient (Wildman–Crippen LogP) is 3.56. The first-order valence-corrected chi connectivity index (χ1v) is 10.1. The summed E-state index contributed by atoms with van der Waals surface area (Å²) in [6.45, 7) is 3.12. The van der Waals surface area contributed by atoms with Crippen molar-refractivity contribution in [2.45, 2.75) is 37.2 Å². The minimum absolute atomic E-state index is 0.0332. The molecule has 1 aliphatic rings. The first kappa shape index (κ1) is 21.4. The molecule has 0 saturated carbocycles. The van der Waals surface area contributed by atoms with Crippen molar-refractivity contribution in [2.75, 3.05) is 6.54 Å². The molecule has 0 radical (unpaired) electrons. The van der Waals surface area contributed by atoms with Gasteiger partial charge >= 0.3 is 0 Å². The van der Waals surface area contributed by atoms with Crippen molar-refractivity contribution in [3.63, 3.8) is 0 Å². The van der Waals surface area contributed by atoms with Crippen molar-refractivity contribution in [1.29, 1.82) is 0 Å². The van der Waals surface area contributed by atoms with Gasteiger partial charge in [-0.2, -0.15) is 5.10 Å². The lowest BCUT2D eigenvalue weighted by atomic mass is 9.98. The van der Waals surface area contributed by atoms with E-state index in [4.69, 9.17) is 5.73 Å². The number of nitrogens with two attached hydrogens (primary N) is 1. The van der Waals surface area contributed by atoms with Crippen LogP contribution in [0.25, 0.3) is 0 Å². The Morgan fingerprint density at radius 1 is 1.24 bits per heavy atom.